The van der Waals surface area contributed by atoms with Crippen LogP contribution in [0.2, 0.25) is 0 Å². The molecule has 2 nitrogen and oxygen atoms in total. The molecule has 1 heterocycles. The van der Waals surface area contributed by atoms with Crippen molar-refractivity contribution in [3.8, 4) is 0 Å². The maximum absolute atomic E-state index is 3.82. The number of hydrogen-bond donors (Lipinski definition) is 1. The maximum Gasteiger partial charge on any atom is 0.164 e. The van der Waals surface area contributed by atoms with Crippen LogP contribution in [-0.2, 0) is 0 Å². The first-order chi connectivity index (χ1) is 2.89. The van der Waals surface area contributed by atoms with Crippen molar-refractivity contribution in [2.24, 2.45) is 4.99 Å². The molecule has 6 heavy (non-hydrogen) atoms. The van der Waals surface area contributed by atoms with E-state index >= 15 is 0 Å². The summed E-state index contributed by atoms with van der Waals surface area (Å²) in [4.78, 5) is 3.82. The molecule has 1 aliphatic heterocycles. The third kappa shape index (κ3) is 0.506. The summed E-state index contributed by atoms with van der Waals surface area (Å²) in [6.45, 7) is 3.87. The van der Waals surface area contributed by atoms with Crippen molar-refractivity contribution in [3.63, 3.8) is 0 Å². The molecule has 0 fully saturated rings. The van der Waals surface area contributed by atoms with E-state index in [1.165, 1.54) is 0 Å². The van der Waals surface area contributed by atoms with Gasteiger partial charge in [0.2, 0.25) is 0 Å². The van der Waals surface area contributed by atoms with E-state index in [9.17, 15) is 0 Å². The van der Waals surface area contributed by atoms with Gasteiger partial charge in [-0.1, -0.05) is 0 Å². The summed E-state index contributed by atoms with van der Waals surface area (Å²) >= 11 is 0. The molecular weight excluding hydrogens is 76.1 g/mol. The molecule has 0 saturated heterocycles. The van der Waals surface area contributed by atoms with Crippen LogP contribution in [0, 0.1) is 6.54 Å². The number of aliphatic imine (C=N–C) groups is 1. The highest BCUT2D eigenvalue weighted by Gasteiger charge is 2.00. The van der Waals surface area contributed by atoms with E-state index < -0.39 is 0 Å². The average Bonchev–Trinajstić information content (AvgIpc) is 1.86. The first-order valence-corrected chi connectivity index (χ1v) is 1.93. The molecule has 32 valence electrons. The lowest BCUT2D eigenvalue weighted by atomic mass is 10.4. The maximum atomic E-state index is 3.82. The molecule has 1 aliphatic rings. The van der Waals surface area contributed by atoms with E-state index in [-0.39, 0.29) is 0 Å². The molecule has 1 rings (SSSR count). The molecule has 1 unspecified atom stereocenters. The standard InChI is InChI=1S/C4H6N2/c1-4-2-5-3-6-4/h2,4H,1H3,(H,5,6). The summed E-state index contributed by atoms with van der Waals surface area (Å²) in [7, 11) is 0. The average molecular weight is 82.1 g/mol. The summed E-state index contributed by atoms with van der Waals surface area (Å²) in [5.41, 5.74) is 0. The zero-order valence-electron chi connectivity index (χ0n) is 3.60. The highest BCUT2D eigenvalue weighted by molar-refractivity contribution is 5.58. The Morgan fingerprint density at radius 3 is 3.00 bits per heavy atom. The summed E-state index contributed by atoms with van der Waals surface area (Å²) in [5, 5.41) is 2.73. The van der Waals surface area contributed by atoms with Gasteiger partial charge < -0.3 is 5.32 Å². The van der Waals surface area contributed by atoms with Gasteiger partial charge in [0.15, 0.2) is 6.34 Å². The first-order valence-electron chi connectivity index (χ1n) is 1.93. The summed E-state index contributed by atoms with van der Waals surface area (Å²) in [5.74, 6) is 0. The molecule has 1 atom stereocenters. The number of hydrogen-bond acceptors (Lipinski definition) is 2. The molecule has 2 heteroatoms. The van der Waals surface area contributed by atoms with Crippen molar-refractivity contribution in [1.29, 1.82) is 0 Å². The van der Waals surface area contributed by atoms with Crippen LogP contribution in [0.15, 0.2) is 4.99 Å². The SMILES string of the molecule is CC1[CH]N[C]=N1. The number of nitrogens with zero attached hydrogens (tertiary/aromatic N) is 1. The lowest BCUT2D eigenvalue weighted by Gasteiger charge is -1.87. The van der Waals surface area contributed by atoms with E-state index in [1.807, 2.05) is 13.5 Å². The lowest BCUT2D eigenvalue weighted by Crippen LogP contribution is -2.03. The lowest BCUT2D eigenvalue weighted by molar-refractivity contribution is 0.864. The second-order valence-corrected chi connectivity index (χ2v) is 1.29. The van der Waals surface area contributed by atoms with E-state index in [4.69, 9.17) is 0 Å². The minimum Gasteiger partial charge on any atom is -0.360 e. The fourth-order valence-corrected chi connectivity index (χ4v) is 0.334. The highest BCUT2D eigenvalue weighted by Crippen LogP contribution is 1.93. The van der Waals surface area contributed by atoms with Crippen molar-refractivity contribution in [1.82, 2.24) is 5.32 Å². The zero-order valence-corrected chi connectivity index (χ0v) is 3.60. The molecule has 0 spiro atoms. The van der Waals surface area contributed by atoms with E-state index in [2.05, 4.69) is 16.6 Å². The largest absolute Gasteiger partial charge is 0.360 e. The molecule has 0 saturated carbocycles. The van der Waals surface area contributed by atoms with Crippen LogP contribution in [0.5, 0.6) is 0 Å². The van der Waals surface area contributed by atoms with Gasteiger partial charge in [0.05, 0.1) is 12.6 Å². The molecule has 2 radical (unpaired) electrons. The molecule has 0 amide bonds. The number of rotatable bonds is 0. The van der Waals surface area contributed by atoms with Crippen molar-refractivity contribution in [3.05, 3.63) is 6.54 Å². The second kappa shape index (κ2) is 1.29. The van der Waals surface area contributed by atoms with E-state index in [0.29, 0.717) is 6.04 Å². The summed E-state index contributed by atoms with van der Waals surface area (Å²) < 4.78 is 0. The van der Waals surface area contributed by atoms with Crippen molar-refractivity contribution >= 4 is 6.34 Å². The molecule has 0 aromatic carbocycles. The topological polar surface area (TPSA) is 24.4 Å². The number of nitrogens with one attached hydrogen (secondary N) is 1. The monoisotopic (exact) mass is 82.1 g/mol. The van der Waals surface area contributed by atoms with E-state index in [0.717, 1.165) is 0 Å². The van der Waals surface area contributed by atoms with Crippen LogP contribution in [-0.4, -0.2) is 12.4 Å². The Kier molecular flexibility index (Phi) is 0.783. The van der Waals surface area contributed by atoms with Gasteiger partial charge in [-0.15, -0.1) is 0 Å². The minimum atomic E-state index is 0.324. The fourth-order valence-electron chi connectivity index (χ4n) is 0.334. The Balaban J connectivity index is 2.38. The predicted molar refractivity (Wildman–Crippen MR) is 24.3 cm³/mol. The van der Waals surface area contributed by atoms with Gasteiger partial charge in [0, 0.05) is 0 Å². The van der Waals surface area contributed by atoms with Crippen molar-refractivity contribution in [2.45, 2.75) is 13.0 Å². The zero-order chi connectivity index (χ0) is 4.41. The Morgan fingerprint density at radius 2 is 2.83 bits per heavy atom. The van der Waals surface area contributed by atoms with Crippen LogP contribution in [0.25, 0.3) is 0 Å². The third-order valence-corrected chi connectivity index (χ3v) is 0.657. The van der Waals surface area contributed by atoms with Crippen molar-refractivity contribution < 1.29 is 0 Å². The molecule has 1 N–H and O–H groups in total. The quantitative estimate of drug-likeness (QED) is 0.438. The van der Waals surface area contributed by atoms with Crippen LogP contribution in [0.3, 0.4) is 0 Å². The van der Waals surface area contributed by atoms with Gasteiger partial charge in [-0.3, -0.25) is 4.99 Å². The second-order valence-electron chi connectivity index (χ2n) is 1.29. The van der Waals surface area contributed by atoms with Gasteiger partial charge >= 0.3 is 0 Å². The molecule has 0 aromatic rings. The highest BCUT2D eigenvalue weighted by atomic mass is 15.0. The first kappa shape index (κ1) is 3.65. The Hall–Kier alpha value is -0.530. The third-order valence-electron chi connectivity index (χ3n) is 0.657. The molecule has 0 bridgehead atoms. The summed E-state index contributed by atoms with van der Waals surface area (Å²) in [6, 6.07) is 0.324. The smallest absolute Gasteiger partial charge is 0.164 e. The molecular formula is C4H6N2. The molecule has 0 aliphatic carbocycles. The minimum absolute atomic E-state index is 0.324. The molecule has 0 aromatic heterocycles. The van der Waals surface area contributed by atoms with Crippen LogP contribution < -0.4 is 5.32 Å². The van der Waals surface area contributed by atoms with Crippen molar-refractivity contribution in [2.75, 3.05) is 0 Å². The van der Waals surface area contributed by atoms with Gasteiger partial charge in [-0.25, -0.2) is 0 Å². The van der Waals surface area contributed by atoms with Gasteiger partial charge in [-0.2, -0.15) is 0 Å². The normalized spacial score (nSPS) is 30.5. The van der Waals surface area contributed by atoms with Crippen LogP contribution >= 0.6 is 0 Å². The van der Waals surface area contributed by atoms with Gasteiger partial charge in [0.1, 0.15) is 0 Å². The summed E-state index contributed by atoms with van der Waals surface area (Å²) in [6.07, 6.45) is 2.59. The van der Waals surface area contributed by atoms with Gasteiger partial charge in [-0.05, 0) is 6.92 Å². The Bertz CT molecular complexity index is 67.9. The van der Waals surface area contributed by atoms with Crippen LogP contribution in [0.4, 0.5) is 0 Å². The van der Waals surface area contributed by atoms with Crippen LogP contribution in [0.1, 0.15) is 6.92 Å². The Morgan fingerprint density at radius 1 is 2.00 bits per heavy atom. The predicted octanol–water partition coefficient (Wildman–Crippen LogP) is 0.0452. The van der Waals surface area contributed by atoms with E-state index in [1.54, 1.807) is 0 Å². The van der Waals surface area contributed by atoms with Gasteiger partial charge in [0.25, 0.3) is 0 Å². The fraction of sp³-hybridized carbons (Fsp3) is 0.500. The Labute approximate surface area is 37.3 Å².